The monoisotopic (exact) mass is 231 g/mol. The van der Waals surface area contributed by atoms with Crippen LogP contribution >= 0.6 is 23.2 Å². The summed E-state index contributed by atoms with van der Waals surface area (Å²) in [6.07, 6.45) is 0. The van der Waals surface area contributed by atoms with Gasteiger partial charge in [0.05, 0.1) is 17.3 Å². The van der Waals surface area contributed by atoms with Gasteiger partial charge in [-0.1, -0.05) is 30.1 Å². The lowest BCUT2D eigenvalue weighted by Gasteiger charge is -2.10. The molecule has 4 heteroatoms. The van der Waals surface area contributed by atoms with E-state index in [0.717, 1.165) is 12.2 Å². The average molecular weight is 232 g/mol. The molecule has 0 radical (unpaired) electrons. The van der Waals surface area contributed by atoms with Crippen molar-refractivity contribution in [3.63, 3.8) is 0 Å². The number of halogens is 2. The van der Waals surface area contributed by atoms with E-state index in [2.05, 4.69) is 12.2 Å². The smallest absolute Gasteiger partial charge is 0.162 e. The fraction of sp³-hybridized carbons (Fsp3) is 0.400. The van der Waals surface area contributed by atoms with Crippen LogP contribution in [-0.2, 0) is 0 Å². The van der Waals surface area contributed by atoms with E-state index in [9.17, 15) is 0 Å². The first-order valence-electron chi connectivity index (χ1n) is 4.53. The molecule has 1 aromatic carbocycles. The highest BCUT2D eigenvalue weighted by atomic mass is 35.5. The number of hydrogen-bond acceptors (Lipinski definition) is 2. The largest absolute Gasteiger partial charge is 0.489 e. The van der Waals surface area contributed by atoms with E-state index in [0.29, 0.717) is 28.3 Å². The molecule has 0 aliphatic carbocycles. The average Bonchev–Trinajstić information content (AvgIpc) is 2.35. The number of fused-ring (bicyclic) bond motifs is 1. The summed E-state index contributed by atoms with van der Waals surface area (Å²) in [5.41, 5.74) is 0.920. The predicted molar refractivity (Wildman–Crippen MR) is 59.6 cm³/mol. The second-order valence-corrected chi connectivity index (χ2v) is 4.32. The van der Waals surface area contributed by atoms with E-state index >= 15 is 0 Å². The summed E-state index contributed by atoms with van der Waals surface area (Å²) in [4.78, 5) is 0. The molecule has 0 spiro atoms. The zero-order chi connectivity index (χ0) is 10.1. The van der Waals surface area contributed by atoms with E-state index < -0.39 is 0 Å². The minimum absolute atomic E-state index is 0.470. The Labute approximate surface area is 93.2 Å². The molecule has 2 rings (SSSR count). The third kappa shape index (κ3) is 1.77. The van der Waals surface area contributed by atoms with Crippen LogP contribution in [0.15, 0.2) is 12.1 Å². The van der Waals surface area contributed by atoms with Crippen molar-refractivity contribution in [2.75, 3.05) is 18.5 Å². The van der Waals surface area contributed by atoms with Crippen LogP contribution in [0.5, 0.6) is 5.75 Å². The SMILES string of the molecule is CC1CNc2ccc(Cl)c(Cl)c2OC1. The maximum Gasteiger partial charge on any atom is 0.162 e. The molecule has 1 aromatic rings. The predicted octanol–water partition coefficient (Wildman–Crippen LogP) is 3.43. The van der Waals surface area contributed by atoms with Crippen LogP contribution in [0.1, 0.15) is 6.92 Å². The molecule has 76 valence electrons. The normalized spacial score (nSPS) is 20.4. The van der Waals surface area contributed by atoms with Crippen LogP contribution in [0.4, 0.5) is 5.69 Å². The zero-order valence-electron chi connectivity index (χ0n) is 7.81. The van der Waals surface area contributed by atoms with Crippen LogP contribution in [-0.4, -0.2) is 13.2 Å². The van der Waals surface area contributed by atoms with Gasteiger partial charge in [0.2, 0.25) is 0 Å². The quantitative estimate of drug-likeness (QED) is 0.739. The van der Waals surface area contributed by atoms with E-state index in [4.69, 9.17) is 27.9 Å². The summed E-state index contributed by atoms with van der Waals surface area (Å²) in [7, 11) is 0. The first-order valence-corrected chi connectivity index (χ1v) is 5.28. The van der Waals surface area contributed by atoms with Crippen LogP contribution in [0.3, 0.4) is 0 Å². The molecule has 1 atom stereocenters. The highest BCUT2D eigenvalue weighted by Crippen LogP contribution is 2.39. The van der Waals surface area contributed by atoms with Crippen molar-refractivity contribution in [3.8, 4) is 5.75 Å². The van der Waals surface area contributed by atoms with Gasteiger partial charge in [-0.25, -0.2) is 0 Å². The molecule has 1 N–H and O–H groups in total. The van der Waals surface area contributed by atoms with Crippen molar-refractivity contribution in [2.45, 2.75) is 6.92 Å². The van der Waals surface area contributed by atoms with Crippen molar-refractivity contribution in [2.24, 2.45) is 5.92 Å². The minimum atomic E-state index is 0.470. The van der Waals surface area contributed by atoms with Gasteiger partial charge in [-0.2, -0.15) is 0 Å². The third-order valence-electron chi connectivity index (χ3n) is 2.20. The summed E-state index contributed by atoms with van der Waals surface area (Å²) in [6.45, 7) is 3.68. The van der Waals surface area contributed by atoms with Gasteiger partial charge in [-0.05, 0) is 12.1 Å². The van der Waals surface area contributed by atoms with Gasteiger partial charge < -0.3 is 10.1 Å². The summed E-state index contributed by atoms with van der Waals surface area (Å²) in [6, 6.07) is 3.66. The van der Waals surface area contributed by atoms with Gasteiger partial charge in [0.15, 0.2) is 5.75 Å². The van der Waals surface area contributed by atoms with Crippen molar-refractivity contribution < 1.29 is 4.74 Å². The molecule has 14 heavy (non-hydrogen) atoms. The molecular formula is C10H11Cl2NO. The lowest BCUT2D eigenvalue weighted by atomic mass is 10.2. The summed E-state index contributed by atoms with van der Waals surface area (Å²) in [5.74, 6) is 1.14. The highest BCUT2D eigenvalue weighted by Gasteiger charge is 2.17. The van der Waals surface area contributed by atoms with Gasteiger partial charge in [-0.15, -0.1) is 0 Å². The second-order valence-electron chi connectivity index (χ2n) is 3.54. The first-order chi connectivity index (χ1) is 6.68. The lowest BCUT2D eigenvalue weighted by molar-refractivity contribution is 0.276. The molecular weight excluding hydrogens is 221 g/mol. The Kier molecular flexibility index (Phi) is 2.75. The number of nitrogens with one attached hydrogen (secondary N) is 1. The number of anilines is 1. The zero-order valence-corrected chi connectivity index (χ0v) is 9.32. The molecule has 1 unspecified atom stereocenters. The fourth-order valence-electron chi connectivity index (χ4n) is 1.38. The number of hydrogen-bond donors (Lipinski definition) is 1. The summed E-state index contributed by atoms with van der Waals surface area (Å²) in [5, 5.41) is 4.30. The lowest BCUT2D eigenvalue weighted by Crippen LogP contribution is -2.13. The maximum atomic E-state index is 6.03. The molecule has 1 aliphatic heterocycles. The standard InChI is InChI=1S/C10H11Cl2NO/c1-6-4-13-8-3-2-7(11)9(12)10(8)14-5-6/h2-3,6,13H,4-5H2,1H3. The molecule has 0 saturated heterocycles. The van der Waals surface area contributed by atoms with E-state index in [1.165, 1.54) is 0 Å². The first kappa shape index (κ1) is 9.94. The fourth-order valence-corrected chi connectivity index (χ4v) is 1.75. The molecule has 0 bridgehead atoms. The van der Waals surface area contributed by atoms with Crippen molar-refractivity contribution in [1.29, 1.82) is 0 Å². The van der Waals surface area contributed by atoms with Crippen LogP contribution in [0.25, 0.3) is 0 Å². The Morgan fingerprint density at radius 2 is 2.21 bits per heavy atom. The number of benzene rings is 1. The summed E-state index contributed by atoms with van der Waals surface area (Å²) < 4.78 is 5.59. The Morgan fingerprint density at radius 1 is 1.43 bits per heavy atom. The van der Waals surface area contributed by atoms with Crippen molar-refractivity contribution in [3.05, 3.63) is 22.2 Å². The van der Waals surface area contributed by atoms with Crippen LogP contribution < -0.4 is 10.1 Å². The van der Waals surface area contributed by atoms with Gasteiger partial charge >= 0.3 is 0 Å². The Balaban J connectivity index is 2.41. The van der Waals surface area contributed by atoms with Crippen molar-refractivity contribution >= 4 is 28.9 Å². The van der Waals surface area contributed by atoms with E-state index in [-0.39, 0.29) is 0 Å². The third-order valence-corrected chi connectivity index (χ3v) is 2.99. The molecule has 0 amide bonds. The topological polar surface area (TPSA) is 21.3 Å². The number of rotatable bonds is 0. The Hall–Kier alpha value is -0.600. The van der Waals surface area contributed by atoms with E-state index in [1.807, 2.05) is 6.07 Å². The Morgan fingerprint density at radius 3 is 3.00 bits per heavy atom. The molecule has 1 aliphatic rings. The van der Waals surface area contributed by atoms with Crippen LogP contribution in [0, 0.1) is 5.92 Å². The van der Waals surface area contributed by atoms with E-state index in [1.54, 1.807) is 6.07 Å². The second kappa shape index (κ2) is 3.87. The molecule has 0 fully saturated rings. The number of ether oxygens (including phenoxy) is 1. The van der Waals surface area contributed by atoms with Gasteiger partial charge in [-0.3, -0.25) is 0 Å². The molecule has 2 nitrogen and oxygen atoms in total. The minimum Gasteiger partial charge on any atom is -0.489 e. The molecule has 1 heterocycles. The van der Waals surface area contributed by atoms with Gasteiger partial charge in [0.1, 0.15) is 5.02 Å². The van der Waals surface area contributed by atoms with Crippen LogP contribution in [0.2, 0.25) is 10.0 Å². The Bertz CT molecular complexity index is 354. The van der Waals surface area contributed by atoms with Gasteiger partial charge in [0.25, 0.3) is 0 Å². The molecule has 0 aromatic heterocycles. The summed E-state index contributed by atoms with van der Waals surface area (Å²) >= 11 is 11.9. The van der Waals surface area contributed by atoms with Gasteiger partial charge in [0, 0.05) is 12.5 Å². The highest BCUT2D eigenvalue weighted by molar-refractivity contribution is 6.43. The van der Waals surface area contributed by atoms with Crippen molar-refractivity contribution in [1.82, 2.24) is 0 Å². The maximum absolute atomic E-state index is 6.03. The molecule has 0 saturated carbocycles.